The smallest absolute Gasteiger partial charge is 0.161 e. The van der Waals surface area contributed by atoms with Crippen LogP contribution in [0.5, 0.6) is 11.5 Å². The Morgan fingerprint density at radius 3 is 2.35 bits per heavy atom. The number of aryl methyl sites for hydroxylation is 1. The Labute approximate surface area is 120 Å². The van der Waals surface area contributed by atoms with Crippen molar-refractivity contribution in [2.75, 3.05) is 27.3 Å². The predicted octanol–water partition coefficient (Wildman–Crippen LogP) is 1.97. The third kappa shape index (κ3) is 2.38. The zero-order valence-electron chi connectivity index (χ0n) is 12.5. The highest BCUT2D eigenvalue weighted by Gasteiger charge is 2.51. The average molecular weight is 277 g/mol. The van der Waals surface area contributed by atoms with Crippen LogP contribution in [0.1, 0.15) is 24.0 Å². The van der Waals surface area contributed by atoms with Crippen molar-refractivity contribution in [3.8, 4) is 11.5 Å². The van der Waals surface area contributed by atoms with Gasteiger partial charge >= 0.3 is 0 Å². The summed E-state index contributed by atoms with van der Waals surface area (Å²) in [6, 6.07) is 4.06. The molecule has 1 saturated carbocycles. The molecule has 0 radical (unpaired) electrons. The van der Waals surface area contributed by atoms with Gasteiger partial charge in [-0.1, -0.05) is 0 Å². The second kappa shape index (κ2) is 4.93. The lowest BCUT2D eigenvalue weighted by Gasteiger charge is -2.47. The Morgan fingerprint density at radius 1 is 1.20 bits per heavy atom. The summed E-state index contributed by atoms with van der Waals surface area (Å²) in [5.74, 6) is 2.09. The van der Waals surface area contributed by atoms with Gasteiger partial charge in [-0.3, -0.25) is 4.90 Å². The number of β-amino-alcohol motifs (C(OH)–C–C–N with tert-alkyl or cyclic N) is 1. The first-order valence-corrected chi connectivity index (χ1v) is 7.22. The van der Waals surface area contributed by atoms with Crippen molar-refractivity contribution in [3.05, 3.63) is 23.3 Å². The van der Waals surface area contributed by atoms with Crippen molar-refractivity contribution in [2.24, 2.45) is 5.92 Å². The molecule has 0 amide bonds. The van der Waals surface area contributed by atoms with Crippen molar-refractivity contribution in [1.29, 1.82) is 0 Å². The highest BCUT2D eigenvalue weighted by molar-refractivity contribution is 5.47. The SMILES string of the molecule is COc1cc(C)c(CN2CC(O)(C3CC3)C2)cc1OC. The minimum atomic E-state index is -0.412. The van der Waals surface area contributed by atoms with E-state index in [-0.39, 0.29) is 0 Å². The van der Waals surface area contributed by atoms with Crippen LogP contribution in [0.15, 0.2) is 12.1 Å². The van der Waals surface area contributed by atoms with Gasteiger partial charge in [-0.05, 0) is 48.9 Å². The molecule has 2 aliphatic rings. The van der Waals surface area contributed by atoms with Gasteiger partial charge in [0.25, 0.3) is 0 Å². The summed E-state index contributed by atoms with van der Waals surface area (Å²) in [4.78, 5) is 2.30. The second-order valence-corrected chi connectivity index (χ2v) is 6.16. The van der Waals surface area contributed by atoms with Crippen LogP contribution in [0, 0.1) is 12.8 Å². The quantitative estimate of drug-likeness (QED) is 0.893. The fourth-order valence-electron chi connectivity index (χ4n) is 3.15. The number of hydrogen-bond acceptors (Lipinski definition) is 4. The second-order valence-electron chi connectivity index (χ2n) is 6.16. The third-order valence-corrected chi connectivity index (χ3v) is 4.57. The minimum absolute atomic E-state index is 0.412. The topological polar surface area (TPSA) is 41.9 Å². The fraction of sp³-hybridized carbons (Fsp3) is 0.625. The van der Waals surface area contributed by atoms with Crippen LogP contribution in [0.3, 0.4) is 0 Å². The maximum Gasteiger partial charge on any atom is 0.161 e. The minimum Gasteiger partial charge on any atom is -0.493 e. The van der Waals surface area contributed by atoms with E-state index in [1.54, 1.807) is 14.2 Å². The molecule has 0 bridgehead atoms. The first kappa shape index (κ1) is 13.7. The average Bonchev–Trinajstić information content (AvgIpc) is 3.22. The van der Waals surface area contributed by atoms with E-state index in [1.165, 1.54) is 24.0 Å². The Kier molecular flexibility index (Phi) is 3.38. The van der Waals surface area contributed by atoms with E-state index in [0.29, 0.717) is 5.92 Å². The number of benzene rings is 1. The standard InChI is InChI=1S/C16H23NO3/c1-11-6-14(19-2)15(20-3)7-12(11)8-17-9-16(18,10-17)13-4-5-13/h6-7,13,18H,4-5,8-10H2,1-3H3. The van der Waals surface area contributed by atoms with E-state index in [0.717, 1.165) is 31.1 Å². The molecule has 1 aliphatic carbocycles. The van der Waals surface area contributed by atoms with Gasteiger partial charge in [-0.15, -0.1) is 0 Å². The summed E-state index contributed by atoms with van der Waals surface area (Å²) < 4.78 is 10.7. The first-order valence-electron chi connectivity index (χ1n) is 7.22. The van der Waals surface area contributed by atoms with Gasteiger partial charge in [0.15, 0.2) is 11.5 Å². The summed E-state index contributed by atoms with van der Waals surface area (Å²) >= 11 is 0. The maximum absolute atomic E-state index is 10.4. The number of hydrogen-bond donors (Lipinski definition) is 1. The molecule has 1 aromatic rings. The van der Waals surface area contributed by atoms with Crippen LogP contribution in [-0.2, 0) is 6.54 Å². The van der Waals surface area contributed by atoms with Gasteiger partial charge in [-0.25, -0.2) is 0 Å². The highest BCUT2D eigenvalue weighted by atomic mass is 16.5. The molecule has 1 aromatic carbocycles. The van der Waals surface area contributed by atoms with Crippen LogP contribution >= 0.6 is 0 Å². The Hall–Kier alpha value is -1.26. The molecule has 0 aromatic heterocycles. The van der Waals surface area contributed by atoms with E-state index in [4.69, 9.17) is 9.47 Å². The number of aliphatic hydroxyl groups is 1. The number of methoxy groups -OCH3 is 2. The van der Waals surface area contributed by atoms with Crippen molar-refractivity contribution >= 4 is 0 Å². The zero-order chi connectivity index (χ0) is 14.3. The summed E-state index contributed by atoms with van der Waals surface area (Å²) in [6.45, 7) is 4.54. The normalized spacial score (nSPS) is 21.4. The summed E-state index contributed by atoms with van der Waals surface area (Å²) in [7, 11) is 3.31. The molecule has 0 spiro atoms. The van der Waals surface area contributed by atoms with E-state index >= 15 is 0 Å². The van der Waals surface area contributed by atoms with Crippen LogP contribution < -0.4 is 9.47 Å². The maximum atomic E-state index is 10.4. The van der Waals surface area contributed by atoms with E-state index in [1.807, 2.05) is 12.1 Å². The first-order chi connectivity index (χ1) is 9.55. The molecule has 4 nitrogen and oxygen atoms in total. The lowest BCUT2D eigenvalue weighted by molar-refractivity contribution is -0.116. The van der Waals surface area contributed by atoms with Gasteiger partial charge in [0, 0.05) is 19.6 Å². The molecule has 4 heteroatoms. The van der Waals surface area contributed by atoms with Gasteiger partial charge in [0.05, 0.1) is 19.8 Å². The van der Waals surface area contributed by atoms with Crippen molar-refractivity contribution in [2.45, 2.75) is 31.9 Å². The van der Waals surface area contributed by atoms with E-state index in [9.17, 15) is 5.11 Å². The van der Waals surface area contributed by atoms with Crippen molar-refractivity contribution < 1.29 is 14.6 Å². The summed E-state index contributed by atoms with van der Waals surface area (Å²) in [5.41, 5.74) is 2.02. The number of nitrogens with zero attached hydrogens (tertiary/aromatic N) is 1. The van der Waals surface area contributed by atoms with Crippen LogP contribution in [-0.4, -0.2) is 42.9 Å². The largest absolute Gasteiger partial charge is 0.493 e. The third-order valence-electron chi connectivity index (χ3n) is 4.57. The molecule has 1 saturated heterocycles. The molecular weight excluding hydrogens is 254 g/mol. The van der Waals surface area contributed by atoms with Gasteiger partial charge < -0.3 is 14.6 Å². The van der Waals surface area contributed by atoms with Gasteiger partial charge in [0.2, 0.25) is 0 Å². The van der Waals surface area contributed by atoms with Gasteiger partial charge in [0.1, 0.15) is 0 Å². The van der Waals surface area contributed by atoms with Crippen LogP contribution in [0.25, 0.3) is 0 Å². The van der Waals surface area contributed by atoms with E-state index < -0.39 is 5.60 Å². The Balaban J connectivity index is 1.69. The lowest BCUT2D eigenvalue weighted by atomic mass is 9.88. The highest BCUT2D eigenvalue weighted by Crippen LogP contribution is 2.45. The lowest BCUT2D eigenvalue weighted by Crippen LogP contribution is -2.62. The molecule has 1 N–H and O–H groups in total. The summed E-state index contributed by atoms with van der Waals surface area (Å²) in [5, 5.41) is 10.4. The summed E-state index contributed by atoms with van der Waals surface area (Å²) in [6.07, 6.45) is 2.39. The molecule has 1 heterocycles. The van der Waals surface area contributed by atoms with Crippen molar-refractivity contribution in [1.82, 2.24) is 4.90 Å². The van der Waals surface area contributed by atoms with Crippen LogP contribution in [0.2, 0.25) is 0 Å². The molecule has 20 heavy (non-hydrogen) atoms. The zero-order valence-corrected chi connectivity index (χ0v) is 12.5. The number of rotatable bonds is 5. The van der Waals surface area contributed by atoms with Crippen LogP contribution in [0.4, 0.5) is 0 Å². The molecule has 2 fully saturated rings. The fourth-order valence-corrected chi connectivity index (χ4v) is 3.15. The monoisotopic (exact) mass is 277 g/mol. The molecule has 0 unspecified atom stereocenters. The molecular formula is C16H23NO3. The molecule has 0 atom stereocenters. The predicted molar refractivity (Wildman–Crippen MR) is 77.2 cm³/mol. The molecule has 110 valence electrons. The number of likely N-dealkylation sites (tertiary alicyclic amines) is 1. The Morgan fingerprint density at radius 2 is 1.80 bits per heavy atom. The van der Waals surface area contributed by atoms with E-state index in [2.05, 4.69) is 11.8 Å². The molecule has 3 rings (SSSR count). The Bertz CT molecular complexity index is 505. The van der Waals surface area contributed by atoms with Gasteiger partial charge in [-0.2, -0.15) is 0 Å². The van der Waals surface area contributed by atoms with Crippen molar-refractivity contribution in [3.63, 3.8) is 0 Å². The molecule has 1 aliphatic heterocycles. The number of ether oxygens (including phenoxy) is 2.